The van der Waals surface area contributed by atoms with Gasteiger partial charge in [0.25, 0.3) is 0 Å². The molecule has 0 saturated heterocycles. The first-order valence-electron chi connectivity index (χ1n) is 8.20. The van der Waals surface area contributed by atoms with Crippen molar-refractivity contribution < 1.29 is 9.52 Å². The van der Waals surface area contributed by atoms with E-state index in [1.54, 1.807) is 6.26 Å². The van der Waals surface area contributed by atoms with E-state index in [1.807, 2.05) is 24.3 Å². The second kappa shape index (κ2) is 6.51. The van der Waals surface area contributed by atoms with Crippen molar-refractivity contribution in [1.29, 1.82) is 0 Å². The zero-order chi connectivity index (χ0) is 16.4. The summed E-state index contributed by atoms with van der Waals surface area (Å²) >= 11 is 0. The lowest BCUT2D eigenvalue weighted by Gasteiger charge is -2.14. The van der Waals surface area contributed by atoms with Crippen LogP contribution in [0.3, 0.4) is 0 Å². The first kappa shape index (κ1) is 15.0. The highest BCUT2D eigenvalue weighted by Crippen LogP contribution is 2.28. The molecule has 1 atom stereocenters. The largest absolute Gasteiger partial charge is 0.468 e. The van der Waals surface area contributed by atoms with Crippen LogP contribution in [0, 0.1) is 0 Å². The van der Waals surface area contributed by atoms with Crippen LogP contribution >= 0.6 is 0 Å². The molecular formula is C20H20N2O2. The predicted molar refractivity (Wildman–Crippen MR) is 95.9 cm³/mol. The number of nitrogens with one attached hydrogen (secondary N) is 1. The average molecular weight is 320 g/mol. The van der Waals surface area contributed by atoms with Crippen molar-refractivity contribution in [2.75, 3.05) is 6.54 Å². The van der Waals surface area contributed by atoms with E-state index >= 15 is 0 Å². The third-order valence-corrected chi connectivity index (χ3v) is 4.33. The van der Waals surface area contributed by atoms with Crippen LogP contribution in [0.4, 0.5) is 0 Å². The summed E-state index contributed by atoms with van der Waals surface area (Å²) in [4.78, 5) is 0. The standard InChI is InChI=1S/C20H20N2O2/c23-15(12-21-13-16-6-5-11-24-16)14-22-19-9-3-1-7-17(19)18-8-2-4-10-20(18)22/h1-11,15,21,23H,12-14H2/t15-/m0/s1. The van der Waals surface area contributed by atoms with E-state index in [1.165, 1.54) is 10.8 Å². The van der Waals surface area contributed by atoms with Crippen molar-refractivity contribution in [3.05, 3.63) is 72.7 Å². The summed E-state index contributed by atoms with van der Waals surface area (Å²) in [6.45, 7) is 1.69. The first-order valence-corrected chi connectivity index (χ1v) is 8.20. The molecule has 122 valence electrons. The lowest BCUT2D eigenvalue weighted by molar-refractivity contribution is 0.153. The molecule has 0 fully saturated rings. The molecule has 0 aliphatic heterocycles. The second-order valence-corrected chi connectivity index (χ2v) is 6.01. The summed E-state index contributed by atoms with van der Waals surface area (Å²) in [6.07, 6.45) is 1.19. The molecule has 0 saturated carbocycles. The fraction of sp³-hybridized carbons (Fsp3) is 0.200. The molecule has 2 aromatic carbocycles. The van der Waals surface area contributed by atoms with Gasteiger partial charge in [-0.15, -0.1) is 0 Å². The lowest BCUT2D eigenvalue weighted by Crippen LogP contribution is -2.29. The van der Waals surface area contributed by atoms with Gasteiger partial charge in [-0.25, -0.2) is 0 Å². The smallest absolute Gasteiger partial charge is 0.117 e. The molecule has 4 heteroatoms. The summed E-state index contributed by atoms with van der Waals surface area (Å²) in [7, 11) is 0. The van der Waals surface area contributed by atoms with Crippen LogP contribution in [0.2, 0.25) is 0 Å². The zero-order valence-electron chi connectivity index (χ0n) is 13.4. The molecule has 0 bridgehead atoms. The number of fused-ring (bicyclic) bond motifs is 3. The molecule has 0 amide bonds. The number of aliphatic hydroxyl groups excluding tert-OH is 1. The van der Waals surface area contributed by atoms with Crippen LogP contribution in [0.5, 0.6) is 0 Å². The normalized spacial score (nSPS) is 12.9. The average Bonchev–Trinajstić information content (AvgIpc) is 3.23. The lowest BCUT2D eigenvalue weighted by atomic mass is 10.2. The minimum atomic E-state index is -0.473. The van der Waals surface area contributed by atoms with Crippen LogP contribution in [0.1, 0.15) is 5.76 Å². The number of benzene rings is 2. The van der Waals surface area contributed by atoms with Crippen molar-refractivity contribution in [1.82, 2.24) is 9.88 Å². The van der Waals surface area contributed by atoms with Crippen molar-refractivity contribution in [3.63, 3.8) is 0 Å². The van der Waals surface area contributed by atoms with E-state index in [-0.39, 0.29) is 0 Å². The van der Waals surface area contributed by atoms with E-state index < -0.39 is 6.10 Å². The van der Waals surface area contributed by atoms with Gasteiger partial charge < -0.3 is 19.4 Å². The van der Waals surface area contributed by atoms with E-state index in [2.05, 4.69) is 46.3 Å². The third-order valence-electron chi connectivity index (χ3n) is 4.33. The Labute approximate surface area is 140 Å². The van der Waals surface area contributed by atoms with Gasteiger partial charge in [-0.3, -0.25) is 0 Å². The molecule has 0 unspecified atom stereocenters. The molecule has 0 spiro atoms. The maximum Gasteiger partial charge on any atom is 0.117 e. The Kier molecular flexibility index (Phi) is 4.07. The Balaban J connectivity index is 1.54. The topological polar surface area (TPSA) is 50.3 Å². The summed E-state index contributed by atoms with van der Waals surface area (Å²) < 4.78 is 7.49. The number of rotatable bonds is 6. The second-order valence-electron chi connectivity index (χ2n) is 6.01. The van der Waals surface area contributed by atoms with Gasteiger partial charge in [0, 0.05) is 28.4 Å². The quantitative estimate of drug-likeness (QED) is 0.571. The predicted octanol–water partition coefficient (Wildman–Crippen LogP) is 3.54. The Morgan fingerprint density at radius 1 is 0.917 bits per heavy atom. The van der Waals surface area contributed by atoms with Crippen LogP contribution in [-0.2, 0) is 13.1 Å². The number of furan rings is 1. The molecule has 2 N–H and O–H groups in total. The van der Waals surface area contributed by atoms with Gasteiger partial charge in [0.2, 0.25) is 0 Å². The van der Waals surface area contributed by atoms with Crippen molar-refractivity contribution in [2.45, 2.75) is 19.2 Å². The summed E-state index contributed by atoms with van der Waals surface area (Å²) in [6, 6.07) is 20.5. The van der Waals surface area contributed by atoms with Crippen molar-refractivity contribution >= 4 is 21.8 Å². The monoisotopic (exact) mass is 320 g/mol. The molecular weight excluding hydrogens is 300 g/mol. The number of hydrogen-bond donors (Lipinski definition) is 2. The van der Waals surface area contributed by atoms with Crippen molar-refractivity contribution in [2.24, 2.45) is 0 Å². The van der Waals surface area contributed by atoms with E-state index in [0.717, 1.165) is 16.8 Å². The Morgan fingerprint density at radius 3 is 2.21 bits per heavy atom. The SMILES string of the molecule is O[C@@H](CNCc1ccco1)Cn1c2ccccc2c2ccccc21. The Morgan fingerprint density at radius 2 is 1.58 bits per heavy atom. The highest BCUT2D eigenvalue weighted by molar-refractivity contribution is 6.07. The van der Waals surface area contributed by atoms with Crippen LogP contribution in [0.15, 0.2) is 71.3 Å². The molecule has 0 aliphatic carbocycles. The maximum absolute atomic E-state index is 10.5. The van der Waals surface area contributed by atoms with Gasteiger partial charge in [0.05, 0.1) is 25.5 Å². The van der Waals surface area contributed by atoms with Crippen LogP contribution in [0.25, 0.3) is 21.8 Å². The van der Waals surface area contributed by atoms with E-state index in [9.17, 15) is 5.11 Å². The fourth-order valence-electron chi connectivity index (χ4n) is 3.25. The van der Waals surface area contributed by atoms with Crippen molar-refractivity contribution in [3.8, 4) is 0 Å². The fourth-order valence-corrected chi connectivity index (χ4v) is 3.25. The number of para-hydroxylation sites is 2. The van der Waals surface area contributed by atoms with Gasteiger partial charge in [-0.1, -0.05) is 36.4 Å². The minimum Gasteiger partial charge on any atom is -0.468 e. The maximum atomic E-state index is 10.5. The third kappa shape index (κ3) is 2.82. The molecule has 2 aromatic heterocycles. The van der Waals surface area contributed by atoms with Gasteiger partial charge >= 0.3 is 0 Å². The minimum absolute atomic E-state index is 0.473. The van der Waals surface area contributed by atoms with Gasteiger partial charge in [0.1, 0.15) is 5.76 Å². The molecule has 0 aliphatic rings. The van der Waals surface area contributed by atoms with Gasteiger partial charge in [-0.2, -0.15) is 0 Å². The van der Waals surface area contributed by atoms with E-state index in [4.69, 9.17) is 4.42 Å². The molecule has 4 nitrogen and oxygen atoms in total. The summed E-state index contributed by atoms with van der Waals surface area (Å²) in [5, 5.41) is 16.1. The van der Waals surface area contributed by atoms with Crippen LogP contribution < -0.4 is 5.32 Å². The first-order chi connectivity index (χ1) is 11.8. The van der Waals surface area contributed by atoms with Gasteiger partial charge in [0.15, 0.2) is 0 Å². The Bertz CT molecular complexity index is 888. The summed E-state index contributed by atoms with van der Waals surface area (Å²) in [5.41, 5.74) is 2.31. The number of aliphatic hydroxyl groups is 1. The molecule has 24 heavy (non-hydrogen) atoms. The highest BCUT2D eigenvalue weighted by atomic mass is 16.3. The number of aromatic nitrogens is 1. The summed E-state index contributed by atoms with van der Waals surface area (Å²) in [5.74, 6) is 0.874. The van der Waals surface area contributed by atoms with Crippen LogP contribution in [-0.4, -0.2) is 22.3 Å². The molecule has 2 heterocycles. The highest BCUT2D eigenvalue weighted by Gasteiger charge is 2.13. The number of nitrogens with zero attached hydrogens (tertiary/aromatic N) is 1. The zero-order valence-corrected chi connectivity index (χ0v) is 13.4. The van der Waals surface area contributed by atoms with Gasteiger partial charge in [-0.05, 0) is 24.3 Å². The Hall–Kier alpha value is -2.56. The molecule has 0 radical (unpaired) electrons. The number of hydrogen-bond acceptors (Lipinski definition) is 3. The molecule has 4 rings (SSSR count). The molecule has 4 aromatic rings. The van der Waals surface area contributed by atoms with E-state index in [0.29, 0.717) is 19.6 Å².